The number of hydrogen-bond donors (Lipinski definition) is 1. The third-order valence-corrected chi connectivity index (χ3v) is 5.27. The Balaban J connectivity index is 1.34. The van der Waals surface area contributed by atoms with Crippen LogP contribution in [0.5, 0.6) is 0 Å². The SMILES string of the molecule is CC(C)c1ccc(C(=O)NCCCN2CCN(c3ccccc3)CC2)cc1. The van der Waals surface area contributed by atoms with Crippen molar-refractivity contribution in [2.24, 2.45) is 0 Å². The van der Waals surface area contributed by atoms with Gasteiger partial charge in [-0.1, -0.05) is 44.2 Å². The molecule has 0 saturated carbocycles. The Morgan fingerprint density at radius 2 is 1.63 bits per heavy atom. The summed E-state index contributed by atoms with van der Waals surface area (Å²) in [6.07, 6.45) is 0.987. The average molecular weight is 366 g/mol. The molecule has 0 aromatic heterocycles. The zero-order valence-corrected chi connectivity index (χ0v) is 16.5. The van der Waals surface area contributed by atoms with Crippen LogP contribution in [0.25, 0.3) is 0 Å². The molecule has 1 heterocycles. The van der Waals surface area contributed by atoms with Crippen molar-refractivity contribution >= 4 is 11.6 Å². The molecule has 1 aliphatic rings. The molecular formula is C23H31N3O. The van der Waals surface area contributed by atoms with E-state index in [4.69, 9.17) is 0 Å². The van der Waals surface area contributed by atoms with Gasteiger partial charge in [-0.3, -0.25) is 9.69 Å². The number of para-hydroxylation sites is 1. The Morgan fingerprint density at radius 3 is 2.26 bits per heavy atom. The first-order chi connectivity index (χ1) is 13.1. The quantitative estimate of drug-likeness (QED) is 0.759. The molecule has 1 amide bonds. The van der Waals surface area contributed by atoms with Crippen LogP contribution in [0.1, 0.15) is 42.1 Å². The topological polar surface area (TPSA) is 35.6 Å². The highest BCUT2D eigenvalue weighted by atomic mass is 16.1. The minimum Gasteiger partial charge on any atom is -0.369 e. The number of rotatable bonds is 7. The number of benzene rings is 2. The van der Waals surface area contributed by atoms with Gasteiger partial charge in [0, 0.05) is 44.0 Å². The summed E-state index contributed by atoms with van der Waals surface area (Å²) in [4.78, 5) is 17.2. The molecule has 0 spiro atoms. The molecular weight excluding hydrogens is 334 g/mol. The zero-order chi connectivity index (χ0) is 19.1. The third kappa shape index (κ3) is 5.57. The van der Waals surface area contributed by atoms with E-state index < -0.39 is 0 Å². The molecule has 3 rings (SSSR count). The second-order valence-electron chi connectivity index (χ2n) is 7.55. The number of carbonyl (C=O) groups is 1. The monoisotopic (exact) mass is 365 g/mol. The summed E-state index contributed by atoms with van der Waals surface area (Å²) in [5, 5.41) is 3.05. The summed E-state index contributed by atoms with van der Waals surface area (Å²) in [7, 11) is 0. The number of nitrogens with zero attached hydrogens (tertiary/aromatic N) is 2. The van der Waals surface area contributed by atoms with Crippen molar-refractivity contribution in [2.45, 2.75) is 26.2 Å². The van der Waals surface area contributed by atoms with Crippen molar-refractivity contribution in [2.75, 3.05) is 44.2 Å². The van der Waals surface area contributed by atoms with Crippen molar-refractivity contribution in [1.82, 2.24) is 10.2 Å². The van der Waals surface area contributed by atoms with Gasteiger partial charge in [0.05, 0.1) is 0 Å². The van der Waals surface area contributed by atoms with E-state index in [1.807, 2.05) is 24.3 Å². The van der Waals surface area contributed by atoms with Gasteiger partial charge in [-0.05, 0) is 48.7 Å². The third-order valence-electron chi connectivity index (χ3n) is 5.27. The Labute approximate surface area is 163 Å². The van der Waals surface area contributed by atoms with Crippen LogP contribution >= 0.6 is 0 Å². The predicted molar refractivity (Wildman–Crippen MR) is 113 cm³/mol. The summed E-state index contributed by atoms with van der Waals surface area (Å²) in [6.45, 7) is 10.4. The van der Waals surface area contributed by atoms with E-state index in [1.54, 1.807) is 0 Å². The lowest BCUT2D eigenvalue weighted by molar-refractivity contribution is 0.0951. The molecule has 144 valence electrons. The number of hydrogen-bond acceptors (Lipinski definition) is 3. The molecule has 2 aromatic rings. The minimum atomic E-state index is 0.0270. The van der Waals surface area contributed by atoms with Gasteiger partial charge in [0.1, 0.15) is 0 Å². The molecule has 0 radical (unpaired) electrons. The normalized spacial score (nSPS) is 15.1. The molecule has 0 atom stereocenters. The Kier molecular flexibility index (Phi) is 6.88. The van der Waals surface area contributed by atoms with E-state index in [9.17, 15) is 4.79 Å². The van der Waals surface area contributed by atoms with E-state index in [2.05, 4.69) is 59.3 Å². The highest BCUT2D eigenvalue weighted by Crippen LogP contribution is 2.16. The van der Waals surface area contributed by atoms with Gasteiger partial charge >= 0.3 is 0 Å². The van der Waals surface area contributed by atoms with Gasteiger partial charge in [0.25, 0.3) is 5.91 Å². The average Bonchev–Trinajstić information content (AvgIpc) is 2.72. The van der Waals surface area contributed by atoms with E-state index >= 15 is 0 Å². The van der Waals surface area contributed by atoms with Gasteiger partial charge in [-0.25, -0.2) is 0 Å². The molecule has 0 aliphatic carbocycles. The van der Waals surface area contributed by atoms with E-state index in [1.165, 1.54) is 11.3 Å². The highest BCUT2D eigenvalue weighted by Gasteiger charge is 2.16. The first kappa shape index (κ1) is 19.4. The maximum Gasteiger partial charge on any atom is 0.251 e. The molecule has 2 aromatic carbocycles. The molecule has 1 saturated heterocycles. The first-order valence-electron chi connectivity index (χ1n) is 10.0. The maximum absolute atomic E-state index is 12.2. The van der Waals surface area contributed by atoms with Crippen LogP contribution in [0, 0.1) is 0 Å². The van der Waals surface area contributed by atoms with Gasteiger partial charge in [-0.15, -0.1) is 0 Å². The van der Waals surface area contributed by atoms with Crippen molar-refractivity contribution < 1.29 is 4.79 Å². The predicted octanol–water partition coefficient (Wildman–Crippen LogP) is 3.75. The molecule has 0 bridgehead atoms. The van der Waals surface area contributed by atoms with Crippen LogP contribution in [-0.2, 0) is 0 Å². The molecule has 27 heavy (non-hydrogen) atoms. The lowest BCUT2D eigenvalue weighted by Gasteiger charge is -2.36. The van der Waals surface area contributed by atoms with Gasteiger partial charge in [-0.2, -0.15) is 0 Å². The molecule has 1 N–H and O–H groups in total. The lowest BCUT2D eigenvalue weighted by Crippen LogP contribution is -2.47. The smallest absolute Gasteiger partial charge is 0.251 e. The van der Waals surface area contributed by atoms with E-state index in [-0.39, 0.29) is 5.91 Å². The van der Waals surface area contributed by atoms with Crippen LogP contribution in [-0.4, -0.2) is 50.1 Å². The number of nitrogens with one attached hydrogen (secondary N) is 1. The molecule has 0 unspecified atom stereocenters. The van der Waals surface area contributed by atoms with Crippen LogP contribution < -0.4 is 10.2 Å². The van der Waals surface area contributed by atoms with Crippen molar-refractivity contribution in [3.05, 3.63) is 65.7 Å². The van der Waals surface area contributed by atoms with E-state index in [0.29, 0.717) is 5.92 Å². The fourth-order valence-corrected chi connectivity index (χ4v) is 3.49. The summed E-state index contributed by atoms with van der Waals surface area (Å²) >= 11 is 0. The fraction of sp³-hybridized carbons (Fsp3) is 0.435. The molecule has 1 fully saturated rings. The number of carbonyl (C=O) groups excluding carboxylic acids is 1. The largest absolute Gasteiger partial charge is 0.369 e. The Hall–Kier alpha value is -2.33. The number of anilines is 1. The van der Waals surface area contributed by atoms with Crippen molar-refractivity contribution in [3.63, 3.8) is 0 Å². The van der Waals surface area contributed by atoms with Gasteiger partial charge < -0.3 is 10.2 Å². The van der Waals surface area contributed by atoms with Crippen LogP contribution in [0.2, 0.25) is 0 Å². The number of amides is 1. The summed E-state index contributed by atoms with van der Waals surface area (Å²) in [6, 6.07) is 18.6. The second-order valence-corrected chi connectivity index (χ2v) is 7.55. The van der Waals surface area contributed by atoms with Gasteiger partial charge in [0.15, 0.2) is 0 Å². The first-order valence-corrected chi connectivity index (χ1v) is 10.0. The summed E-state index contributed by atoms with van der Waals surface area (Å²) in [5.74, 6) is 0.517. The number of piperazine rings is 1. The molecule has 1 aliphatic heterocycles. The Morgan fingerprint density at radius 1 is 0.963 bits per heavy atom. The van der Waals surface area contributed by atoms with Crippen LogP contribution in [0.4, 0.5) is 5.69 Å². The van der Waals surface area contributed by atoms with Crippen LogP contribution in [0.15, 0.2) is 54.6 Å². The highest BCUT2D eigenvalue weighted by molar-refractivity contribution is 5.94. The zero-order valence-electron chi connectivity index (χ0n) is 16.5. The lowest BCUT2D eigenvalue weighted by atomic mass is 10.0. The van der Waals surface area contributed by atoms with Crippen molar-refractivity contribution in [1.29, 1.82) is 0 Å². The Bertz CT molecular complexity index is 704. The van der Waals surface area contributed by atoms with Crippen LogP contribution in [0.3, 0.4) is 0 Å². The summed E-state index contributed by atoms with van der Waals surface area (Å²) < 4.78 is 0. The maximum atomic E-state index is 12.2. The fourth-order valence-electron chi connectivity index (χ4n) is 3.49. The van der Waals surface area contributed by atoms with E-state index in [0.717, 1.165) is 51.3 Å². The molecule has 4 nitrogen and oxygen atoms in total. The summed E-state index contributed by atoms with van der Waals surface area (Å²) in [5.41, 5.74) is 3.32. The second kappa shape index (κ2) is 9.56. The van der Waals surface area contributed by atoms with Crippen molar-refractivity contribution in [3.8, 4) is 0 Å². The molecule has 4 heteroatoms. The van der Waals surface area contributed by atoms with Gasteiger partial charge in [0.2, 0.25) is 0 Å². The minimum absolute atomic E-state index is 0.0270. The standard InChI is InChI=1S/C23H31N3O/c1-19(2)20-9-11-21(12-10-20)23(27)24-13-6-14-25-15-17-26(18-16-25)22-7-4-3-5-8-22/h3-5,7-12,19H,6,13-18H2,1-2H3,(H,24,27).